The first-order valence-corrected chi connectivity index (χ1v) is 39.5. The summed E-state index contributed by atoms with van der Waals surface area (Å²) in [6.07, 6.45) is -3.73. The number of nitrogens with two attached hydrogens (primary N) is 3. The molecule has 0 radical (unpaired) electrons. The van der Waals surface area contributed by atoms with E-state index in [2.05, 4.69) is 31.6 Å². The third-order valence-electron chi connectivity index (χ3n) is 18.9. The number of primary amides is 1. The van der Waals surface area contributed by atoms with Crippen LogP contribution in [-0.2, 0) is 118 Å². The number of likely N-dealkylation sites (tertiary alicyclic amines) is 1. The molecule has 12 atom stereocenters. The molecule has 2 bridgehead atoms. The van der Waals surface area contributed by atoms with Crippen molar-refractivity contribution < 1.29 is 120 Å². The monoisotopic (exact) mass is 1600 g/mol. The highest BCUT2D eigenvalue weighted by molar-refractivity contribution is 7.98. The highest BCUT2D eigenvalue weighted by Gasteiger charge is 2.46. The molecule has 618 valence electrons. The van der Waals surface area contributed by atoms with Crippen LogP contribution >= 0.6 is 11.8 Å². The number of imide groups is 1. The molecule has 9 amide bonds. The van der Waals surface area contributed by atoms with Gasteiger partial charge in [-0.25, -0.2) is 5.84 Å². The van der Waals surface area contributed by atoms with Crippen molar-refractivity contribution in [1.29, 1.82) is 0 Å². The normalized spacial score (nSPS) is 23.3. The lowest BCUT2D eigenvalue weighted by atomic mass is 9.85. The molecular formula is C71H112N12O25S2. The second-order valence-corrected chi connectivity index (χ2v) is 29.7. The Morgan fingerprint density at radius 1 is 0.727 bits per heavy atom. The van der Waals surface area contributed by atoms with Gasteiger partial charge in [-0.15, -0.1) is 0 Å². The molecule has 2 saturated heterocycles. The van der Waals surface area contributed by atoms with Gasteiger partial charge in [0, 0.05) is 90.3 Å². The predicted octanol–water partition coefficient (Wildman–Crippen LogP) is -3.68. The smallest absolute Gasteiger partial charge is 0.246 e. The highest BCUT2D eigenvalue weighted by Crippen LogP contribution is 2.37. The van der Waals surface area contributed by atoms with Crippen molar-refractivity contribution in [3.05, 3.63) is 35.2 Å². The number of rotatable bonds is 43. The highest BCUT2D eigenvalue weighted by atomic mass is 32.2. The number of aliphatic hydroxyl groups excluding tert-OH is 3. The van der Waals surface area contributed by atoms with E-state index in [1.54, 1.807) is 32.9 Å². The Morgan fingerprint density at radius 2 is 1.30 bits per heavy atom. The molecule has 0 saturated carbocycles. The quantitative estimate of drug-likeness (QED) is 0.0132. The standard InChI is InChI=1S/C71H112N12O25S2/c1-6-43(2)51-32-48(85)35-75-65(92)46-30-52-50-7-8-59(99-5)53(41-109-28-27-108-26-25-107-24-23-106-22-21-105-20-19-104-18-17-103-16-15-102-14-13-101-12-11-100-10-9-81(74)37-47(72)38-83-62(91)29-44(3)70(83)96)64(50)80-69(52)110(98)42-55(77-61(90)36-76-66(51)93)67(94)78-54(34-60(73)89)71(97)82-39-49(86)33-56(82)68(95)79-63(57(87)31-46)45(4)58(88)40-84/h7-8,37,43-46,49,51,54-56,58,63,80,84,86,88H,6,9-36,38-42,72,74H2,1-5H3,(H2,73,89)(H,75,92)(H,76,93)(H,77,90)(H,78,94)(H,79,95)/b47-37-/t43-,44?,45-,46+,49+,51-,54-,55?,56-,58-,63-,110?/m0/s1. The number of nitrogens with one attached hydrogen (secondary N) is 6. The molecule has 110 heavy (non-hydrogen) atoms. The first kappa shape index (κ1) is 91.5. The molecule has 39 heteroatoms. The fourth-order valence-corrected chi connectivity index (χ4v) is 14.8. The van der Waals surface area contributed by atoms with E-state index in [-0.39, 0.29) is 72.4 Å². The first-order chi connectivity index (χ1) is 52.8. The Bertz CT molecular complexity index is 3430. The van der Waals surface area contributed by atoms with Gasteiger partial charge in [0.1, 0.15) is 28.9 Å². The van der Waals surface area contributed by atoms with Crippen LogP contribution in [0.2, 0.25) is 0 Å². The lowest BCUT2D eigenvalue weighted by Crippen LogP contribution is -2.60. The number of aromatic amines is 1. The minimum absolute atomic E-state index is 0.00448. The van der Waals surface area contributed by atoms with E-state index in [0.29, 0.717) is 147 Å². The van der Waals surface area contributed by atoms with Crippen LogP contribution in [-0.4, -0.2) is 317 Å². The molecule has 3 unspecified atom stereocenters. The average Bonchev–Trinajstić information content (AvgIpc) is 1.61. The van der Waals surface area contributed by atoms with E-state index in [1.807, 2.05) is 0 Å². The Balaban J connectivity index is 0.981. The predicted molar refractivity (Wildman–Crippen MR) is 397 cm³/mol. The van der Waals surface area contributed by atoms with Crippen molar-refractivity contribution in [3.63, 3.8) is 0 Å². The molecule has 6 rings (SSSR count). The number of amides is 9. The van der Waals surface area contributed by atoms with Crippen LogP contribution in [0, 0.1) is 29.6 Å². The lowest BCUT2D eigenvalue weighted by molar-refractivity contribution is -0.144. The number of aromatic nitrogens is 1. The summed E-state index contributed by atoms with van der Waals surface area (Å²) in [5.41, 5.74) is 13.0. The number of thioether (sulfide) groups is 1. The fourth-order valence-electron chi connectivity index (χ4n) is 12.5. The number of fused-ring (bicyclic) bond motifs is 5. The molecule has 0 aliphatic carbocycles. The third-order valence-corrected chi connectivity index (χ3v) is 21.3. The van der Waals surface area contributed by atoms with Crippen LogP contribution in [0.5, 0.6) is 5.75 Å². The van der Waals surface area contributed by atoms with E-state index < -0.39 is 181 Å². The van der Waals surface area contributed by atoms with Crippen molar-refractivity contribution in [2.75, 3.05) is 177 Å². The number of ketones is 2. The number of hydrogen-bond acceptors (Lipinski definition) is 29. The summed E-state index contributed by atoms with van der Waals surface area (Å²) in [6, 6.07) is -3.67. The first-order valence-electron chi connectivity index (χ1n) is 37.0. The molecule has 5 heterocycles. The van der Waals surface area contributed by atoms with Crippen LogP contribution in [0.25, 0.3) is 10.9 Å². The number of H-pyrrole nitrogens is 1. The topological polar surface area (TPSA) is 522 Å². The van der Waals surface area contributed by atoms with Crippen LogP contribution in [0.1, 0.15) is 77.3 Å². The summed E-state index contributed by atoms with van der Waals surface area (Å²) in [5, 5.41) is 46.4. The average molecular weight is 1600 g/mol. The number of methoxy groups -OCH3 is 1. The van der Waals surface area contributed by atoms with Gasteiger partial charge in [-0.1, -0.05) is 34.1 Å². The van der Waals surface area contributed by atoms with Gasteiger partial charge in [-0.3, -0.25) is 61.8 Å². The van der Waals surface area contributed by atoms with Gasteiger partial charge in [0.15, 0.2) is 11.6 Å². The van der Waals surface area contributed by atoms with E-state index >= 15 is 9.00 Å². The summed E-state index contributed by atoms with van der Waals surface area (Å²) in [7, 11) is -0.966. The van der Waals surface area contributed by atoms with Gasteiger partial charge in [-0.2, -0.15) is 11.8 Å². The van der Waals surface area contributed by atoms with Crippen LogP contribution in [0.15, 0.2) is 29.1 Å². The van der Waals surface area contributed by atoms with Crippen LogP contribution in [0.3, 0.4) is 0 Å². The maximum absolute atomic E-state index is 15.4. The second-order valence-electron chi connectivity index (χ2n) is 27.1. The van der Waals surface area contributed by atoms with Gasteiger partial charge in [0.2, 0.25) is 53.2 Å². The molecular weight excluding hydrogens is 1480 g/mol. The molecule has 4 aliphatic heterocycles. The number of hydrazine groups is 1. The molecule has 1 aromatic carbocycles. The van der Waals surface area contributed by atoms with E-state index in [4.69, 9.17) is 64.7 Å². The molecule has 4 aliphatic rings. The van der Waals surface area contributed by atoms with E-state index in [0.717, 1.165) is 9.80 Å². The SMILES string of the molecule is CC[C@H](C)[C@@H]1CC(=O)CNC(=O)[C@H]2CC(=O)[C@H]([C@@H](C)[C@@H](O)CO)NC(=O)[C@@H]3C[C@@H](O)CN3C(=O)[C@H](CC(N)=O)NC(=O)C(CS(=O)c3[nH]c4c(CSCCOCCOCCOCCOCCOCCOCCOCCOCCOCCN(N)/C=C(\N)CN5C(=O)CC(C)C5=O)c(OC)ccc4c3C2)NC(=O)CNC1=O. The lowest BCUT2D eigenvalue weighted by Gasteiger charge is -2.32. The molecule has 37 nitrogen and oxygen atoms in total. The van der Waals surface area contributed by atoms with Gasteiger partial charge in [0.25, 0.3) is 0 Å². The van der Waals surface area contributed by atoms with Gasteiger partial charge in [0.05, 0.1) is 206 Å². The largest absolute Gasteiger partial charge is 0.496 e. The van der Waals surface area contributed by atoms with Crippen molar-refractivity contribution in [1.82, 2.24) is 46.4 Å². The van der Waals surface area contributed by atoms with Crippen molar-refractivity contribution in [2.24, 2.45) is 46.9 Å². The Labute approximate surface area is 645 Å². The summed E-state index contributed by atoms with van der Waals surface area (Å²) in [6.45, 7) is 10.5. The van der Waals surface area contributed by atoms with Crippen LogP contribution in [0.4, 0.5) is 0 Å². The van der Waals surface area contributed by atoms with Gasteiger partial charge in [-0.05, 0) is 30.0 Å². The van der Waals surface area contributed by atoms with Crippen molar-refractivity contribution in [3.8, 4) is 5.75 Å². The second kappa shape index (κ2) is 48.5. The van der Waals surface area contributed by atoms with Crippen molar-refractivity contribution >= 4 is 98.2 Å². The minimum Gasteiger partial charge on any atom is -0.496 e. The molecule has 2 aromatic rings. The molecule has 0 spiro atoms. The summed E-state index contributed by atoms with van der Waals surface area (Å²) in [4.78, 5) is 157. The summed E-state index contributed by atoms with van der Waals surface area (Å²) < 4.78 is 71.6. The fraction of sp³-hybridized carbons (Fsp3) is 0.704. The summed E-state index contributed by atoms with van der Waals surface area (Å²) in [5.74, 6) is -7.09. The zero-order valence-electron chi connectivity index (χ0n) is 63.3. The summed E-state index contributed by atoms with van der Waals surface area (Å²) >= 11 is 1.45. The zero-order chi connectivity index (χ0) is 80.2. The maximum Gasteiger partial charge on any atom is 0.246 e. The number of nitrogens with zero attached hydrogens (tertiary/aromatic N) is 3. The number of carbonyl (C=O) groups is 11. The Hall–Kier alpha value is -7.35. The van der Waals surface area contributed by atoms with Crippen molar-refractivity contribution in [2.45, 2.75) is 120 Å². The zero-order valence-corrected chi connectivity index (χ0v) is 65.0. The number of hydrogen-bond donors (Lipinski definition) is 12. The van der Waals surface area contributed by atoms with E-state index in [9.17, 15) is 63.3 Å². The minimum atomic E-state index is -2.41. The number of ether oxygens (including phenoxy) is 10. The Morgan fingerprint density at radius 3 is 1.85 bits per heavy atom. The number of carbonyl (C=O) groups excluding carboxylic acids is 11. The number of Topliss-reactive ketones (excluding diaryl/α,β-unsaturated/α-hetero) is 2. The molecule has 1 aromatic heterocycles. The van der Waals surface area contributed by atoms with Gasteiger partial charge >= 0.3 is 0 Å². The van der Waals surface area contributed by atoms with Gasteiger partial charge < -0.3 is 116 Å². The van der Waals surface area contributed by atoms with E-state index in [1.165, 1.54) is 37.0 Å². The van der Waals surface area contributed by atoms with Crippen LogP contribution < -0.4 is 48.6 Å². The third kappa shape index (κ3) is 29.6. The Kier molecular flexibility index (Phi) is 40.4. The maximum atomic E-state index is 15.4. The number of benzene rings is 1. The molecule has 2 fully saturated rings. The molecule has 15 N–H and O–H groups in total. The number of aliphatic hydroxyl groups is 3.